The molecule has 0 radical (unpaired) electrons. The van der Waals surface area contributed by atoms with Crippen molar-refractivity contribution in [1.29, 1.82) is 0 Å². The van der Waals surface area contributed by atoms with Gasteiger partial charge in [-0.25, -0.2) is 9.79 Å². The predicted octanol–water partition coefficient (Wildman–Crippen LogP) is 5.85. The van der Waals surface area contributed by atoms with Crippen LogP contribution < -0.4 is 29.1 Å². The summed E-state index contributed by atoms with van der Waals surface area (Å²) in [5.41, 5.74) is 1.53. The van der Waals surface area contributed by atoms with Gasteiger partial charge < -0.3 is 18.9 Å². The zero-order chi connectivity index (χ0) is 33.7. The first kappa shape index (κ1) is 33.6. The van der Waals surface area contributed by atoms with E-state index in [2.05, 4.69) is 15.9 Å². The molecule has 0 amide bonds. The normalized spacial score (nSPS) is 14.3. The number of nitro groups is 1. The maximum absolute atomic E-state index is 14.3. The lowest BCUT2D eigenvalue weighted by atomic mass is 9.93. The molecule has 0 bridgehead atoms. The standard InChI is InChI=1S/C34H32BrN3O8S/c1-5-10-24-30(33(40)45-6-2)31(23-17-22(35)13-14-26(23)43-3)37-32(39)29(47-34(37)36-24)16-21-15-27(44-4)28(18-25(21)38(41)42)46-19-20-11-8-7-9-12-20/h7-9,11-18,31H,5-6,10,19H2,1-4H3/b29-16+/t31-/m1/s1. The number of esters is 1. The Morgan fingerprint density at radius 2 is 1.81 bits per heavy atom. The number of nitro benzene ring substituents is 1. The van der Waals surface area contributed by atoms with Crippen molar-refractivity contribution in [2.45, 2.75) is 39.3 Å². The van der Waals surface area contributed by atoms with Gasteiger partial charge in [-0.15, -0.1) is 0 Å². The van der Waals surface area contributed by atoms with Crippen LogP contribution in [0.15, 0.2) is 86.2 Å². The number of carbonyl (C=O) groups excluding carboxylic acids is 1. The number of fused-ring (bicyclic) bond motifs is 1. The lowest BCUT2D eigenvalue weighted by Crippen LogP contribution is -2.40. The summed E-state index contributed by atoms with van der Waals surface area (Å²) in [5.74, 6) is 0.315. The van der Waals surface area contributed by atoms with E-state index in [9.17, 15) is 19.7 Å². The van der Waals surface area contributed by atoms with Crippen LogP contribution in [-0.4, -0.2) is 36.3 Å². The number of carbonyl (C=O) groups is 1. The Morgan fingerprint density at radius 3 is 2.47 bits per heavy atom. The Labute approximate surface area is 282 Å². The van der Waals surface area contributed by atoms with Crippen molar-refractivity contribution in [3.05, 3.63) is 123 Å². The molecule has 3 aromatic carbocycles. The molecular formula is C34H32BrN3O8S. The Kier molecular flexibility index (Phi) is 10.6. The summed E-state index contributed by atoms with van der Waals surface area (Å²) in [5, 5.41) is 12.3. The third-order valence-electron chi connectivity index (χ3n) is 7.41. The second kappa shape index (κ2) is 14.8. The van der Waals surface area contributed by atoms with Crippen LogP contribution in [0.2, 0.25) is 0 Å². The van der Waals surface area contributed by atoms with Crippen LogP contribution in [0.3, 0.4) is 0 Å². The minimum absolute atomic E-state index is 0.130. The maximum atomic E-state index is 14.3. The molecule has 0 spiro atoms. The van der Waals surface area contributed by atoms with E-state index in [0.29, 0.717) is 39.1 Å². The van der Waals surface area contributed by atoms with E-state index in [1.54, 1.807) is 25.1 Å². The quantitative estimate of drug-likeness (QED) is 0.101. The van der Waals surface area contributed by atoms with Crippen molar-refractivity contribution in [3.63, 3.8) is 0 Å². The molecule has 2 heterocycles. The van der Waals surface area contributed by atoms with Crippen molar-refractivity contribution in [2.24, 2.45) is 4.99 Å². The number of ether oxygens (including phenoxy) is 4. The van der Waals surface area contributed by atoms with E-state index >= 15 is 0 Å². The third kappa shape index (κ3) is 7.00. The zero-order valence-electron chi connectivity index (χ0n) is 26.2. The summed E-state index contributed by atoms with van der Waals surface area (Å²) < 4.78 is 24.9. The van der Waals surface area contributed by atoms with Gasteiger partial charge in [-0.05, 0) is 49.2 Å². The fourth-order valence-electron chi connectivity index (χ4n) is 5.32. The summed E-state index contributed by atoms with van der Waals surface area (Å²) in [6.45, 7) is 3.98. The summed E-state index contributed by atoms with van der Waals surface area (Å²) in [6.07, 6.45) is 2.58. The molecule has 4 aromatic rings. The number of hydrogen-bond acceptors (Lipinski definition) is 10. The molecule has 0 N–H and O–H groups in total. The van der Waals surface area contributed by atoms with E-state index in [0.717, 1.165) is 16.9 Å². The molecule has 0 fully saturated rings. The van der Waals surface area contributed by atoms with Gasteiger partial charge in [-0.2, -0.15) is 0 Å². The Morgan fingerprint density at radius 1 is 1.06 bits per heavy atom. The first-order chi connectivity index (χ1) is 22.7. The monoisotopic (exact) mass is 721 g/mol. The minimum Gasteiger partial charge on any atom is -0.496 e. The van der Waals surface area contributed by atoms with Crippen LogP contribution in [0, 0.1) is 10.1 Å². The Bertz CT molecular complexity index is 2040. The second-order valence-electron chi connectivity index (χ2n) is 10.4. The van der Waals surface area contributed by atoms with E-state index in [-0.39, 0.29) is 46.1 Å². The van der Waals surface area contributed by atoms with Gasteiger partial charge >= 0.3 is 5.97 Å². The van der Waals surface area contributed by atoms with Gasteiger partial charge in [0.15, 0.2) is 16.3 Å². The number of methoxy groups -OCH3 is 2. The molecule has 13 heteroatoms. The molecule has 5 rings (SSSR count). The van der Waals surface area contributed by atoms with Gasteiger partial charge in [0.1, 0.15) is 18.4 Å². The van der Waals surface area contributed by atoms with Gasteiger partial charge in [0.25, 0.3) is 11.2 Å². The highest BCUT2D eigenvalue weighted by atomic mass is 79.9. The molecule has 0 saturated carbocycles. The van der Waals surface area contributed by atoms with Gasteiger partial charge in [-0.1, -0.05) is 70.9 Å². The maximum Gasteiger partial charge on any atom is 0.338 e. The molecule has 1 aromatic heterocycles. The lowest BCUT2D eigenvalue weighted by Gasteiger charge is -2.27. The van der Waals surface area contributed by atoms with Crippen molar-refractivity contribution in [3.8, 4) is 17.2 Å². The average molecular weight is 723 g/mol. The van der Waals surface area contributed by atoms with Crippen LogP contribution in [0.1, 0.15) is 49.4 Å². The molecule has 1 aliphatic heterocycles. The van der Waals surface area contributed by atoms with Gasteiger partial charge in [-0.3, -0.25) is 19.5 Å². The summed E-state index contributed by atoms with van der Waals surface area (Å²) >= 11 is 4.58. The van der Waals surface area contributed by atoms with Crippen LogP contribution in [0.4, 0.5) is 5.69 Å². The minimum atomic E-state index is -0.931. The highest BCUT2D eigenvalue weighted by Crippen LogP contribution is 2.39. The number of halogens is 1. The molecular weight excluding hydrogens is 690 g/mol. The van der Waals surface area contributed by atoms with E-state index in [4.69, 9.17) is 23.9 Å². The van der Waals surface area contributed by atoms with Crippen molar-refractivity contribution in [2.75, 3.05) is 20.8 Å². The summed E-state index contributed by atoms with van der Waals surface area (Å²) in [6, 6.07) is 16.5. The molecule has 0 unspecified atom stereocenters. The first-order valence-electron chi connectivity index (χ1n) is 14.8. The van der Waals surface area contributed by atoms with Gasteiger partial charge in [0.2, 0.25) is 0 Å². The van der Waals surface area contributed by atoms with Gasteiger partial charge in [0, 0.05) is 10.0 Å². The van der Waals surface area contributed by atoms with Crippen molar-refractivity contribution in [1.82, 2.24) is 4.57 Å². The predicted molar refractivity (Wildman–Crippen MR) is 181 cm³/mol. The summed E-state index contributed by atoms with van der Waals surface area (Å²) in [4.78, 5) is 44.6. The van der Waals surface area contributed by atoms with Crippen LogP contribution in [0.5, 0.6) is 17.2 Å². The smallest absolute Gasteiger partial charge is 0.338 e. The Balaban J connectivity index is 1.71. The van der Waals surface area contributed by atoms with Crippen molar-refractivity contribution < 1.29 is 28.7 Å². The van der Waals surface area contributed by atoms with Crippen LogP contribution in [-0.2, 0) is 16.1 Å². The molecule has 47 heavy (non-hydrogen) atoms. The third-order valence-corrected chi connectivity index (χ3v) is 8.89. The topological polar surface area (TPSA) is 131 Å². The molecule has 1 aliphatic rings. The number of allylic oxidation sites excluding steroid dienone is 1. The summed E-state index contributed by atoms with van der Waals surface area (Å²) in [7, 11) is 2.95. The number of hydrogen-bond donors (Lipinski definition) is 0. The van der Waals surface area contributed by atoms with Crippen molar-refractivity contribution >= 4 is 45.0 Å². The molecule has 244 valence electrons. The number of nitrogens with zero attached hydrogens (tertiary/aromatic N) is 3. The van der Waals surface area contributed by atoms with E-state index < -0.39 is 22.5 Å². The van der Waals surface area contributed by atoms with Crippen LogP contribution in [0.25, 0.3) is 6.08 Å². The van der Waals surface area contributed by atoms with Gasteiger partial charge in [0.05, 0.1) is 53.2 Å². The largest absolute Gasteiger partial charge is 0.496 e. The lowest BCUT2D eigenvalue weighted by molar-refractivity contribution is -0.385. The Hall–Kier alpha value is -4.75. The molecule has 11 nitrogen and oxygen atoms in total. The average Bonchev–Trinajstić information content (AvgIpc) is 3.37. The number of aromatic nitrogens is 1. The SMILES string of the molecule is CCCC1=C(C(=O)OCC)[C@@H](c2cc(Br)ccc2OC)n2c(s/c(=C/c3cc(OC)c(OCc4ccccc4)cc3[N+](=O)[O-])c2=O)=N1. The van der Waals surface area contributed by atoms with E-state index in [1.807, 2.05) is 37.3 Å². The molecule has 1 atom stereocenters. The molecule has 0 aliphatic carbocycles. The fourth-order valence-corrected chi connectivity index (χ4v) is 6.71. The van der Waals surface area contributed by atoms with Crippen LogP contribution >= 0.6 is 27.3 Å². The highest BCUT2D eigenvalue weighted by molar-refractivity contribution is 9.10. The number of thiazole rings is 1. The highest BCUT2D eigenvalue weighted by Gasteiger charge is 2.36. The first-order valence-corrected chi connectivity index (χ1v) is 16.4. The number of benzene rings is 3. The fraction of sp³-hybridized carbons (Fsp3) is 0.265. The zero-order valence-corrected chi connectivity index (χ0v) is 28.6. The molecule has 0 saturated heterocycles. The van der Waals surface area contributed by atoms with E-state index in [1.165, 1.54) is 37.0 Å². The number of rotatable bonds is 12. The second-order valence-corrected chi connectivity index (χ2v) is 12.3.